The van der Waals surface area contributed by atoms with E-state index >= 15 is 0 Å². The van der Waals surface area contributed by atoms with Gasteiger partial charge in [0.15, 0.2) is 0 Å². The van der Waals surface area contributed by atoms with Gasteiger partial charge in [-0.2, -0.15) is 0 Å². The zero-order valence-electron chi connectivity index (χ0n) is 12.2. The Morgan fingerprint density at radius 1 is 1.15 bits per heavy atom. The summed E-state index contributed by atoms with van der Waals surface area (Å²) in [5, 5.41) is 3.52. The van der Waals surface area contributed by atoms with E-state index in [1.807, 2.05) is 6.92 Å². The highest BCUT2D eigenvalue weighted by Crippen LogP contribution is 2.49. The van der Waals surface area contributed by atoms with Gasteiger partial charge in [0.1, 0.15) is 11.6 Å². The number of hydrogen-bond donors (Lipinski definition) is 1. The molecule has 0 saturated heterocycles. The summed E-state index contributed by atoms with van der Waals surface area (Å²) in [6.45, 7) is 4.17. The van der Waals surface area contributed by atoms with Crippen molar-refractivity contribution in [3.05, 3.63) is 35.4 Å². The Hall–Kier alpha value is -0.960. The first kappa shape index (κ1) is 14.0. The molecule has 3 heteroatoms. The Bertz CT molecular complexity index is 488. The number of nitrogens with one attached hydrogen (secondary N) is 1. The second kappa shape index (κ2) is 5.44. The molecule has 3 rings (SSSR count). The van der Waals surface area contributed by atoms with Crippen LogP contribution in [-0.4, -0.2) is 6.04 Å². The first-order valence-corrected chi connectivity index (χ1v) is 7.75. The predicted molar refractivity (Wildman–Crippen MR) is 76.3 cm³/mol. The highest BCUT2D eigenvalue weighted by atomic mass is 19.1. The molecule has 0 aromatic heterocycles. The maximum Gasteiger partial charge on any atom is 0.130 e. The number of rotatable bonds is 4. The lowest BCUT2D eigenvalue weighted by molar-refractivity contribution is 0.247. The van der Waals surface area contributed by atoms with E-state index in [0.717, 1.165) is 23.8 Å². The molecule has 1 N–H and O–H groups in total. The van der Waals surface area contributed by atoms with Crippen LogP contribution in [0.5, 0.6) is 0 Å². The summed E-state index contributed by atoms with van der Waals surface area (Å²) in [6.07, 6.45) is 5.46. The van der Waals surface area contributed by atoms with E-state index in [-0.39, 0.29) is 6.04 Å². The van der Waals surface area contributed by atoms with Crippen LogP contribution in [0, 0.1) is 29.4 Å². The minimum absolute atomic E-state index is 0.0790. The molecular weight excluding hydrogens is 256 g/mol. The van der Waals surface area contributed by atoms with Gasteiger partial charge < -0.3 is 5.32 Å². The average Bonchev–Trinajstić information content (AvgIpc) is 3.00. The van der Waals surface area contributed by atoms with E-state index in [2.05, 4.69) is 12.2 Å². The molecule has 0 aliphatic heterocycles. The highest BCUT2D eigenvalue weighted by molar-refractivity contribution is 5.21. The smallest absolute Gasteiger partial charge is 0.130 e. The molecule has 0 spiro atoms. The highest BCUT2D eigenvalue weighted by Gasteiger charge is 2.41. The van der Waals surface area contributed by atoms with Crippen molar-refractivity contribution >= 4 is 0 Å². The van der Waals surface area contributed by atoms with Crippen LogP contribution < -0.4 is 5.32 Å². The van der Waals surface area contributed by atoms with E-state index in [0.29, 0.717) is 11.6 Å². The van der Waals surface area contributed by atoms with Crippen LogP contribution in [0.15, 0.2) is 18.2 Å². The third-order valence-corrected chi connectivity index (χ3v) is 5.38. The normalized spacial score (nSPS) is 31.5. The zero-order chi connectivity index (χ0) is 14.3. The molecule has 5 unspecified atom stereocenters. The van der Waals surface area contributed by atoms with E-state index in [9.17, 15) is 8.78 Å². The summed E-state index contributed by atoms with van der Waals surface area (Å²) in [5.41, 5.74) is 0.557. The summed E-state index contributed by atoms with van der Waals surface area (Å²) in [4.78, 5) is 0. The summed E-state index contributed by atoms with van der Waals surface area (Å²) >= 11 is 0. The molecule has 2 aliphatic carbocycles. The van der Waals surface area contributed by atoms with Crippen LogP contribution in [-0.2, 0) is 0 Å². The minimum Gasteiger partial charge on any atom is -0.307 e. The predicted octanol–water partition coefficient (Wildman–Crippen LogP) is 4.44. The molecule has 5 atom stereocenters. The SMILES string of the molecule is CC(NC(C)C1CC2CCC1C2)c1ccc(F)cc1F. The molecule has 0 amide bonds. The van der Waals surface area contributed by atoms with Gasteiger partial charge in [0.25, 0.3) is 0 Å². The largest absolute Gasteiger partial charge is 0.307 e. The van der Waals surface area contributed by atoms with Crippen molar-refractivity contribution in [3.8, 4) is 0 Å². The van der Waals surface area contributed by atoms with E-state index < -0.39 is 11.6 Å². The summed E-state index contributed by atoms with van der Waals surface area (Å²) in [5.74, 6) is 1.53. The lowest BCUT2D eigenvalue weighted by Crippen LogP contribution is -2.38. The van der Waals surface area contributed by atoms with Crippen molar-refractivity contribution in [1.29, 1.82) is 0 Å². The fraction of sp³-hybridized carbons (Fsp3) is 0.647. The van der Waals surface area contributed by atoms with E-state index in [4.69, 9.17) is 0 Å². The van der Waals surface area contributed by atoms with Gasteiger partial charge in [-0.05, 0) is 56.9 Å². The minimum atomic E-state index is -0.514. The topological polar surface area (TPSA) is 12.0 Å². The lowest BCUT2D eigenvalue weighted by Gasteiger charge is -2.31. The zero-order valence-corrected chi connectivity index (χ0v) is 12.2. The Morgan fingerprint density at radius 3 is 2.55 bits per heavy atom. The third kappa shape index (κ3) is 2.60. The van der Waals surface area contributed by atoms with Crippen LogP contribution in [0.25, 0.3) is 0 Å². The lowest BCUT2D eigenvalue weighted by atomic mass is 9.83. The molecule has 2 fully saturated rings. The van der Waals surface area contributed by atoms with Crippen LogP contribution in [0.4, 0.5) is 8.78 Å². The molecule has 1 aromatic rings. The molecule has 20 heavy (non-hydrogen) atoms. The first-order chi connectivity index (χ1) is 9.54. The second-order valence-corrected chi connectivity index (χ2v) is 6.68. The monoisotopic (exact) mass is 279 g/mol. The molecule has 2 saturated carbocycles. The Morgan fingerprint density at radius 2 is 1.95 bits per heavy atom. The van der Waals surface area contributed by atoms with Gasteiger partial charge in [-0.1, -0.05) is 12.5 Å². The van der Waals surface area contributed by atoms with Gasteiger partial charge in [0.05, 0.1) is 0 Å². The van der Waals surface area contributed by atoms with Gasteiger partial charge in [-0.3, -0.25) is 0 Å². The Balaban J connectivity index is 1.65. The van der Waals surface area contributed by atoms with E-state index in [1.165, 1.54) is 31.7 Å². The van der Waals surface area contributed by atoms with Crippen molar-refractivity contribution in [1.82, 2.24) is 5.32 Å². The van der Waals surface area contributed by atoms with Crippen molar-refractivity contribution in [2.45, 2.75) is 51.6 Å². The van der Waals surface area contributed by atoms with E-state index in [1.54, 1.807) is 6.07 Å². The molecule has 2 aliphatic rings. The van der Waals surface area contributed by atoms with Crippen LogP contribution >= 0.6 is 0 Å². The fourth-order valence-corrected chi connectivity index (χ4v) is 4.37. The second-order valence-electron chi connectivity index (χ2n) is 6.68. The van der Waals surface area contributed by atoms with Gasteiger partial charge >= 0.3 is 0 Å². The number of fused-ring (bicyclic) bond motifs is 2. The number of benzene rings is 1. The standard InChI is InChI=1S/C17H23F2N/c1-10(15-6-5-14(18)9-17(15)19)20-11(2)16-8-12-3-4-13(16)7-12/h5-6,9-13,16,20H,3-4,7-8H2,1-2H3. The van der Waals surface area contributed by atoms with Crippen molar-refractivity contribution in [2.24, 2.45) is 17.8 Å². The molecule has 0 heterocycles. The van der Waals surface area contributed by atoms with Gasteiger partial charge in [0.2, 0.25) is 0 Å². The molecule has 2 bridgehead atoms. The van der Waals surface area contributed by atoms with Crippen LogP contribution in [0.3, 0.4) is 0 Å². The number of halogens is 2. The first-order valence-electron chi connectivity index (χ1n) is 7.75. The molecular formula is C17H23F2N. The summed E-state index contributed by atoms with van der Waals surface area (Å²) in [6, 6.07) is 4.17. The average molecular weight is 279 g/mol. The van der Waals surface area contributed by atoms with Crippen LogP contribution in [0.1, 0.15) is 51.1 Å². The quantitative estimate of drug-likeness (QED) is 0.859. The van der Waals surface area contributed by atoms with Crippen LogP contribution in [0.2, 0.25) is 0 Å². The summed E-state index contributed by atoms with van der Waals surface area (Å²) < 4.78 is 26.8. The Kier molecular flexibility index (Phi) is 3.80. The van der Waals surface area contributed by atoms with Crippen molar-refractivity contribution in [3.63, 3.8) is 0 Å². The molecule has 1 aromatic carbocycles. The Labute approximate surface area is 119 Å². The van der Waals surface area contributed by atoms with Gasteiger partial charge in [-0.15, -0.1) is 0 Å². The number of hydrogen-bond acceptors (Lipinski definition) is 1. The molecule has 1 nitrogen and oxygen atoms in total. The molecule has 0 radical (unpaired) electrons. The van der Waals surface area contributed by atoms with Crippen molar-refractivity contribution < 1.29 is 8.78 Å². The summed E-state index contributed by atoms with van der Waals surface area (Å²) in [7, 11) is 0. The maximum atomic E-state index is 13.8. The maximum absolute atomic E-state index is 13.8. The third-order valence-electron chi connectivity index (χ3n) is 5.38. The van der Waals surface area contributed by atoms with Gasteiger partial charge in [0, 0.05) is 23.7 Å². The van der Waals surface area contributed by atoms with Crippen molar-refractivity contribution in [2.75, 3.05) is 0 Å². The fourth-order valence-electron chi connectivity index (χ4n) is 4.37. The van der Waals surface area contributed by atoms with Gasteiger partial charge in [-0.25, -0.2) is 8.78 Å². The molecule has 110 valence electrons.